The molecule has 0 bridgehead atoms. The number of sulfonamides is 1. The Bertz CT molecular complexity index is 1450. The molecular formula is C30H37N3O8S. The van der Waals surface area contributed by atoms with Crippen molar-refractivity contribution >= 4 is 27.5 Å². The fourth-order valence-electron chi connectivity index (χ4n) is 5.02. The van der Waals surface area contributed by atoms with Crippen molar-refractivity contribution in [3.63, 3.8) is 0 Å². The summed E-state index contributed by atoms with van der Waals surface area (Å²) in [6, 6.07) is 9.74. The Labute approximate surface area is 246 Å². The summed E-state index contributed by atoms with van der Waals surface area (Å²) in [6.07, 6.45) is 2.21. The van der Waals surface area contributed by atoms with Gasteiger partial charge in [-0.3, -0.25) is 14.5 Å². The molecule has 1 amide bonds. The van der Waals surface area contributed by atoms with Crippen LogP contribution in [0.4, 0.5) is 0 Å². The molecule has 226 valence electrons. The summed E-state index contributed by atoms with van der Waals surface area (Å²) in [5, 5.41) is 11.4. The molecule has 1 N–H and O–H groups in total. The van der Waals surface area contributed by atoms with Gasteiger partial charge in [0.15, 0.2) is 11.5 Å². The van der Waals surface area contributed by atoms with Crippen LogP contribution in [-0.4, -0.2) is 107 Å². The average Bonchev–Trinajstić information content (AvgIpc) is 3.25. The summed E-state index contributed by atoms with van der Waals surface area (Å²) in [5.41, 5.74) is 0.676. The maximum absolute atomic E-state index is 13.5. The number of Topliss-reactive ketones (excluding diaryl/α,β-unsaturated/α-hetero) is 1. The fraction of sp³-hybridized carbons (Fsp3) is 0.400. The van der Waals surface area contributed by atoms with E-state index in [2.05, 4.69) is 11.5 Å². The van der Waals surface area contributed by atoms with Gasteiger partial charge in [-0.25, -0.2) is 12.7 Å². The lowest BCUT2D eigenvalue weighted by Gasteiger charge is -2.29. The van der Waals surface area contributed by atoms with Crippen molar-refractivity contribution in [3.8, 4) is 11.5 Å². The highest BCUT2D eigenvalue weighted by Gasteiger charge is 2.46. The molecule has 2 saturated heterocycles. The third-order valence-electron chi connectivity index (χ3n) is 7.28. The summed E-state index contributed by atoms with van der Waals surface area (Å²) in [4.78, 5) is 30.6. The molecule has 2 aliphatic heterocycles. The zero-order chi connectivity index (χ0) is 30.4. The Morgan fingerprint density at radius 3 is 2.40 bits per heavy atom. The van der Waals surface area contributed by atoms with E-state index in [1.807, 2.05) is 0 Å². The van der Waals surface area contributed by atoms with Gasteiger partial charge in [0.2, 0.25) is 10.0 Å². The van der Waals surface area contributed by atoms with E-state index in [0.29, 0.717) is 36.7 Å². The largest absolute Gasteiger partial charge is 0.507 e. The number of carbonyl (C=O) groups excluding carboxylic acids is 2. The Morgan fingerprint density at radius 2 is 1.79 bits per heavy atom. The quantitative estimate of drug-likeness (QED) is 0.170. The zero-order valence-electron chi connectivity index (χ0n) is 24.1. The second-order valence-corrected chi connectivity index (χ2v) is 12.3. The van der Waals surface area contributed by atoms with Crippen LogP contribution >= 0.6 is 0 Å². The predicted molar refractivity (Wildman–Crippen MR) is 157 cm³/mol. The van der Waals surface area contributed by atoms with Gasteiger partial charge in [-0.15, -0.1) is 0 Å². The van der Waals surface area contributed by atoms with Crippen molar-refractivity contribution in [1.82, 2.24) is 14.1 Å². The number of methoxy groups -OCH3 is 1. The number of likely N-dealkylation sites (tertiary alicyclic amines) is 1. The lowest BCUT2D eigenvalue weighted by atomic mass is 9.95. The number of ketones is 1. The molecule has 11 nitrogen and oxygen atoms in total. The molecular weight excluding hydrogens is 562 g/mol. The van der Waals surface area contributed by atoms with Crippen molar-refractivity contribution in [2.75, 3.05) is 67.2 Å². The van der Waals surface area contributed by atoms with Crippen molar-refractivity contribution < 1.29 is 37.3 Å². The molecule has 0 radical (unpaired) electrons. The van der Waals surface area contributed by atoms with E-state index < -0.39 is 33.5 Å². The molecule has 2 heterocycles. The highest BCUT2D eigenvalue weighted by atomic mass is 32.2. The van der Waals surface area contributed by atoms with Gasteiger partial charge in [0, 0.05) is 45.8 Å². The van der Waals surface area contributed by atoms with Crippen LogP contribution in [0.2, 0.25) is 0 Å². The SMILES string of the molecule is C=CCOc1ccc([C@@H]2C(=C(O)c3ccc(S(=O)(=O)N(C)C)cc3)C(=O)C(=O)N2CCCN2CCOCC2)cc1OC. The molecule has 0 aromatic heterocycles. The first kappa shape index (κ1) is 31.2. The highest BCUT2D eigenvalue weighted by molar-refractivity contribution is 7.89. The number of aliphatic hydroxyl groups is 1. The normalized spacial score (nSPS) is 19.3. The number of hydrogen-bond donors (Lipinski definition) is 1. The van der Waals surface area contributed by atoms with Crippen LogP contribution in [0.5, 0.6) is 11.5 Å². The number of nitrogens with zero attached hydrogens (tertiary/aromatic N) is 3. The number of aliphatic hydroxyl groups excluding tert-OH is 1. The van der Waals surface area contributed by atoms with Crippen LogP contribution < -0.4 is 9.47 Å². The average molecular weight is 600 g/mol. The number of amides is 1. The first-order valence-corrected chi connectivity index (χ1v) is 15.1. The van der Waals surface area contributed by atoms with Crippen LogP contribution in [0.25, 0.3) is 5.76 Å². The molecule has 2 aromatic rings. The van der Waals surface area contributed by atoms with E-state index in [4.69, 9.17) is 14.2 Å². The minimum Gasteiger partial charge on any atom is -0.507 e. The Morgan fingerprint density at radius 1 is 1.10 bits per heavy atom. The molecule has 2 aliphatic rings. The maximum atomic E-state index is 13.5. The van der Waals surface area contributed by atoms with E-state index in [1.54, 1.807) is 24.3 Å². The van der Waals surface area contributed by atoms with E-state index in [9.17, 15) is 23.1 Å². The van der Waals surface area contributed by atoms with Crippen LogP contribution in [0.3, 0.4) is 0 Å². The van der Waals surface area contributed by atoms with Crippen LogP contribution in [0, 0.1) is 0 Å². The minimum atomic E-state index is -3.70. The van der Waals surface area contributed by atoms with E-state index in [1.165, 1.54) is 50.4 Å². The Balaban J connectivity index is 1.74. The van der Waals surface area contributed by atoms with Gasteiger partial charge < -0.3 is 24.2 Å². The number of hydrogen-bond acceptors (Lipinski definition) is 9. The third-order valence-corrected chi connectivity index (χ3v) is 9.11. The van der Waals surface area contributed by atoms with Crippen LogP contribution in [0.1, 0.15) is 23.6 Å². The smallest absolute Gasteiger partial charge is 0.295 e. The molecule has 42 heavy (non-hydrogen) atoms. The summed E-state index contributed by atoms with van der Waals surface area (Å²) in [6.45, 7) is 7.81. The van der Waals surface area contributed by atoms with E-state index >= 15 is 0 Å². The van der Waals surface area contributed by atoms with Crippen LogP contribution in [-0.2, 0) is 24.3 Å². The Kier molecular flexibility index (Phi) is 10.0. The first-order chi connectivity index (χ1) is 20.1. The van der Waals surface area contributed by atoms with Crippen LogP contribution in [0.15, 0.2) is 65.6 Å². The molecule has 0 unspecified atom stereocenters. The minimum absolute atomic E-state index is 0.0315. The fourth-order valence-corrected chi connectivity index (χ4v) is 5.92. The number of benzene rings is 2. The topological polar surface area (TPSA) is 126 Å². The van der Waals surface area contributed by atoms with Gasteiger partial charge in [-0.05, 0) is 48.4 Å². The zero-order valence-corrected chi connectivity index (χ0v) is 24.9. The molecule has 12 heteroatoms. The second-order valence-electron chi connectivity index (χ2n) is 10.1. The molecule has 2 fully saturated rings. The second kappa shape index (κ2) is 13.5. The first-order valence-electron chi connectivity index (χ1n) is 13.6. The lowest BCUT2D eigenvalue weighted by molar-refractivity contribution is -0.140. The highest BCUT2D eigenvalue weighted by Crippen LogP contribution is 2.42. The molecule has 0 aliphatic carbocycles. The molecule has 4 rings (SSSR count). The standard InChI is InChI=1S/C30H37N3O8S/c1-5-17-41-24-12-9-22(20-25(24)39-4)27-26(28(34)21-7-10-23(11-8-21)42(37,38)31(2)3)29(35)30(36)33(27)14-6-13-32-15-18-40-19-16-32/h5,7-12,20,27,34H,1,6,13-19H2,2-4H3/t27-/m1/s1. The summed E-state index contributed by atoms with van der Waals surface area (Å²) in [5.74, 6) is -1.08. The number of carbonyl (C=O) groups is 2. The van der Waals surface area contributed by atoms with E-state index in [-0.39, 0.29) is 29.2 Å². The van der Waals surface area contributed by atoms with Crippen molar-refractivity contribution in [1.29, 1.82) is 0 Å². The van der Waals surface area contributed by atoms with Gasteiger partial charge in [0.1, 0.15) is 12.4 Å². The maximum Gasteiger partial charge on any atom is 0.295 e. The molecule has 1 atom stereocenters. The lowest BCUT2D eigenvalue weighted by Crippen LogP contribution is -2.39. The van der Waals surface area contributed by atoms with Gasteiger partial charge >= 0.3 is 0 Å². The van der Waals surface area contributed by atoms with Gasteiger partial charge in [-0.2, -0.15) is 0 Å². The van der Waals surface area contributed by atoms with Crippen molar-refractivity contribution in [2.24, 2.45) is 0 Å². The van der Waals surface area contributed by atoms with Gasteiger partial charge in [-0.1, -0.05) is 18.7 Å². The van der Waals surface area contributed by atoms with Gasteiger partial charge in [0.05, 0.1) is 36.8 Å². The monoisotopic (exact) mass is 599 g/mol. The molecule has 2 aromatic carbocycles. The number of ether oxygens (including phenoxy) is 3. The third kappa shape index (κ3) is 6.51. The summed E-state index contributed by atoms with van der Waals surface area (Å²) in [7, 11) is 0.637. The Hall–Kier alpha value is -3.71. The van der Waals surface area contributed by atoms with E-state index in [0.717, 1.165) is 23.9 Å². The summed E-state index contributed by atoms with van der Waals surface area (Å²) < 4.78 is 42.7. The molecule has 0 saturated carbocycles. The van der Waals surface area contributed by atoms with Crippen molar-refractivity contribution in [3.05, 3.63) is 71.8 Å². The summed E-state index contributed by atoms with van der Waals surface area (Å²) >= 11 is 0. The van der Waals surface area contributed by atoms with Crippen molar-refractivity contribution in [2.45, 2.75) is 17.4 Å². The predicted octanol–water partition coefficient (Wildman–Crippen LogP) is 2.65. The van der Waals surface area contributed by atoms with Gasteiger partial charge in [0.25, 0.3) is 11.7 Å². The number of morpholine rings is 1. The molecule has 0 spiro atoms. The number of rotatable bonds is 12.